The summed E-state index contributed by atoms with van der Waals surface area (Å²) in [6, 6.07) is 8.63. The maximum atomic E-state index is 11.9. The van der Waals surface area contributed by atoms with Crippen LogP contribution in [0, 0.1) is 0 Å². The minimum atomic E-state index is -4.51. The predicted molar refractivity (Wildman–Crippen MR) is 81.4 cm³/mol. The first-order chi connectivity index (χ1) is 10.3. The van der Waals surface area contributed by atoms with Crippen molar-refractivity contribution in [2.45, 2.75) is 25.1 Å². The van der Waals surface area contributed by atoms with Gasteiger partial charge >= 0.3 is 35.6 Å². The molecule has 0 aliphatic carbocycles. The molecule has 122 valence electrons. The van der Waals surface area contributed by atoms with Gasteiger partial charge in [-0.25, -0.2) is 4.79 Å². The van der Waals surface area contributed by atoms with Crippen LogP contribution in [-0.2, 0) is 21.5 Å². The molecule has 2 amide bonds. The molecule has 0 spiro atoms. The Hall–Kier alpha value is -0.610. The van der Waals surface area contributed by atoms with E-state index in [9.17, 15) is 13.2 Å². The number of carbonyl (C=O) groups excluding carboxylic acids is 1. The summed E-state index contributed by atoms with van der Waals surface area (Å²) in [5, 5.41) is 0.226. The molecule has 1 aromatic carbocycles. The van der Waals surface area contributed by atoms with Gasteiger partial charge in [0.25, 0.3) is 10.1 Å². The molecular formula is C13H16ClN2NaO5S. The normalized spacial score (nSPS) is 19.4. The molecule has 7 nitrogen and oxygen atoms in total. The van der Waals surface area contributed by atoms with Crippen LogP contribution in [-0.4, -0.2) is 35.5 Å². The molecular weight excluding hydrogens is 355 g/mol. The summed E-state index contributed by atoms with van der Waals surface area (Å²) in [6.07, 6.45) is 0.463. The Morgan fingerprint density at radius 1 is 1.43 bits per heavy atom. The van der Waals surface area contributed by atoms with Crippen molar-refractivity contribution in [1.82, 2.24) is 10.2 Å². The first-order valence-electron chi connectivity index (χ1n) is 6.37. The molecule has 2 atom stereocenters. The molecule has 10 heteroatoms. The number of hydrogen-bond acceptors (Lipinski definition) is 4. The summed E-state index contributed by atoms with van der Waals surface area (Å²) in [5.41, 5.74) is 0.928. The SMILES string of the molecule is CC(OCc1ccccc1)N1C=C(Cl)C(S(=O)(=O)O)NC1=O.[H-].[Na+]. The Labute approximate surface area is 163 Å². The predicted octanol–water partition coefficient (Wildman–Crippen LogP) is -1.01. The average Bonchev–Trinajstić information content (AvgIpc) is 2.46. The summed E-state index contributed by atoms with van der Waals surface area (Å²) in [4.78, 5) is 13.0. The summed E-state index contributed by atoms with van der Waals surface area (Å²) in [6.45, 7) is 1.90. The zero-order chi connectivity index (χ0) is 16.3. The van der Waals surface area contributed by atoms with Crippen molar-refractivity contribution in [2.75, 3.05) is 0 Å². The minimum Gasteiger partial charge on any atom is -1.00 e. The van der Waals surface area contributed by atoms with Gasteiger partial charge in [0.15, 0.2) is 5.37 Å². The van der Waals surface area contributed by atoms with Gasteiger partial charge in [-0.2, -0.15) is 8.42 Å². The van der Waals surface area contributed by atoms with E-state index in [1.807, 2.05) is 30.3 Å². The van der Waals surface area contributed by atoms with Gasteiger partial charge < -0.3 is 11.5 Å². The largest absolute Gasteiger partial charge is 1.00 e. The van der Waals surface area contributed by atoms with Gasteiger partial charge in [-0.05, 0) is 12.5 Å². The Bertz CT molecular complexity index is 689. The van der Waals surface area contributed by atoms with Gasteiger partial charge in [0.1, 0.15) is 6.23 Å². The summed E-state index contributed by atoms with van der Waals surface area (Å²) in [7, 11) is -4.51. The second-order valence-electron chi connectivity index (χ2n) is 4.66. The van der Waals surface area contributed by atoms with Gasteiger partial charge in [-0.1, -0.05) is 41.9 Å². The van der Waals surface area contributed by atoms with E-state index < -0.39 is 27.8 Å². The maximum absolute atomic E-state index is 11.9. The van der Waals surface area contributed by atoms with Crippen molar-refractivity contribution in [3.05, 3.63) is 47.1 Å². The van der Waals surface area contributed by atoms with Crippen molar-refractivity contribution >= 4 is 27.8 Å². The molecule has 0 saturated heterocycles. The third-order valence-corrected chi connectivity index (χ3v) is 4.44. The maximum Gasteiger partial charge on any atom is 1.00 e. The topological polar surface area (TPSA) is 95.9 Å². The first-order valence-corrected chi connectivity index (χ1v) is 8.25. The van der Waals surface area contributed by atoms with Crippen molar-refractivity contribution in [1.29, 1.82) is 0 Å². The molecule has 2 N–H and O–H groups in total. The molecule has 0 aromatic heterocycles. The van der Waals surface area contributed by atoms with Crippen LogP contribution in [0.2, 0.25) is 0 Å². The fourth-order valence-corrected chi connectivity index (χ4v) is 2.97. The first kappa shape index (κ1) is 20.4. The van der Waals surface area contributed by atoms with E-state index in [1.165, 1.54) is 0 Å². The van der Waals surface area contributed by atoms with Gasteiger partial charge in [0, 0.05) is 6.20 Å². The quantitative estimate of drug-likeness (QED) is 0.511. The van der Waals surface area contributed by atoms with E-state index in [0.717, 1.165) is 16.7 Å². The van der Waals surface area contributed by atoms with Gasteiger partial charge in [0.05, 0.1) is 11.6 Å². The number of nitrogens with zero attached hydrogens (tertiary/aromatic N) is 1. The van der Waals surface area contributed by atoms with Crippen LogP contribution in [0.25, 0.3) is 0 Å². The minimum absolute atomic E-state index is 0. The van der Waals surface area contributed by atoms with E-state index in [0.29, 0.717) is 0 Å². The van der Waals surface area contributed by atoms with Crippen molar-refractivity contribution in [2.24, 2.45) is 0 Å². The third kappa shape index (κ3) is 5.46. The fourth-order valence-electron chi connectivity index (χ4n) is 1.87. The van der Waals surface area contributed by atoms with Crippen molar-refractivity contribution in [3.8, 4) is 0 Å². The fraction of sp³-hybridized carbons (Fsp3) is 0.308. The summed E-state index contributed by atoms with van der Waals surface area (Å²) in [5.74, 6) is 0. The second kappa shape index (κ2) is 8.48. The Morgan fingerprint density at radius 3 is 2.61 bits per heavy atom. The number of amides is 2. The molecule has 0 saturated carbocycles. The Morgan fingerprint density at radius 2 is 2.04 bits per heavy atom. The van der Waals surface area contributed by atoms with E-state index in [4.69, 9.17) is 20.9 Å². The van der Waals surface area contributed by atoms with Gasteiger partial charge in [-0.3, -0.25) is 9.45 Å². The van der Waals surface area contributed by atoms with E-state index in [2.05, 4.69) is 5.32 Å². The molecule has 2 unspecified atom stereocenters. The number of ether oxygens (including phenoxy) is 1. The van der Waals surface area contributed by atoms with Gasteiger partial charge in [0.2, 0.25) is 0 Å². The standard InChI is InChI=1S/C13H15ClN2O5S.Na.H/c1-9(21-8-10-5-3-2-4-6-10)16-7-11(14)12(15-13(16)17)22(18,19)20;;/h2-7,9,12H,8H2,1H3,(H,15,17)(H,18,19,20);;/q;+1;-1. The Kier molecular flexibility index (Phi) is 7.53. The smallest absolute Gasteiger partial charge is 1.00 e. The second-order valence-corrected chi connectivity index (χ2v) is 6.60. The number of halogens is 1. The van der Waals surface area contributed by atoms with Crippen LogP contribution < -0.4 is 34.9 Å². The molecule has 0 bridgehead atoms. The van der Waals surface area contributed by atoms with Gasteiger partial charge in [-0.15, -0.1) is 0 Å². The summed E-state index contributed by atoms with van der Waals surface area (Å²) >= 11 is 5.80. The molecule has 1 aromatic rings. The van der Waals surface area contributed by atoms with Crippen molar-refractivity contribution in [3.63, 3.8) is 0 Å². The molecule has 1 aliphatic rings. The van der Waals surface area contributed by atoms with Crippen molar-refractivity contribution < 1.29 is 53.5 Å². The average molecular weight is 371 g/mol. The van der Waals surface area contributed by atoms with Crippen LogP contribution in [0.4, 0.5) is 4.79 Å². The Balaban J connectivity index is 0.00000264. The number of hydrogen-bond donors (Lipinski definition) is 2. The van der Waals surface area contributed by atoms with Crippen LogP contribution in [0.1, 0.15) is 13.9 Å². The van der Waals surface area contributed by atoms with E-state index in [-0.39, 0.29) is 42.6 Å². The molecule has 0 radical (unpaired) electrons. The molecule has 23 heavy (non-hydrogen) atoms. The summed E-state index contributed by atoms with van der Waals surface area (Å²) < 4.78 is 36.7. The molecule has 2 rings (SSSR count). The van der Waals surface area contributed by atoms with Crippen LogP contribution in [0.5, 0.6) is 0 Å². The van der Waals surface area contributed by atoms with Crippen LogP contribution >= 0.6 is 11.6 Å². The number of rotatable bonds is 5. The number of urea groups is 1. The molecule has 1 aliphatic heterocycles. The number of benzene rings is 1. The van der Waals surface area contributed by atoms with E-state index in [1.54, 1.807) is 6.92 Å². The molecule has 1 heterocycles. The third-order valence-electron chi connectivity index (χ3n) is 3.03. The zero-order valence-corrected chi connectivity index (χ0v) is 16.2. The number of carbonyl (C=O) groups is 1. The number of nitrogens with one attached hydrogen (secondary N) is 1. The monoisotopic (exact) mass is 370 g/mol. The van der Waals surface area contributed by atoms with E-state index >= 15 is 0 Å². The van der Waals surface area contributed by atoms with Crippen LogP contribution in [0.15, 0.2) is 41.6 Å². The van der Waals surface area contributed by atoms with Crippen LogP contribution in [0.3, 0.4) is 0 Å². The molecule has 0 fully saturated rings. The zero-order valence-electron chi connectivity index (χ0n) is 13.6.